The number of halogens is 6. The Bertz CT molecular complexity index is 253. The third kappa shape index (κ3) is 4.73. The van der Waals surface area contributed by atoms with Crippen molar-refractivity contribution in [2.45, 2.75) is 39.0 Å². The van der Waals surface area contributed by atoms with Gasteiger partial charge in [0.05, 0.1) is 0 Å². The van der Waals surface area contributed by atoms with E-state index in [0.717, 1.165) is 0 Å². The smallest absolute Gasteiger partial charge is 0.342 e. The quantitative estimate of drug-likeness (QED) is 0.706. The lowest BCUT2D eigenvalue weighted by Crippen LogP contribution is -2.50. The van der Waals surface area contributed by atoms with Gasteiger partial charge in [-0.2, -0.15) is 26.3 Å². The highest BCUT2D eigenvalue weighted by atomic mass is 19.4. The Morgan fingerprint density at radius 1 is 0.944 bits per heavy atom. The van der Waals surface area contributed by atoms with E-state index in [-0.39, 0.29) is 13.1 Å². The fourth-order valence-corrected chi connectivity index (χ4v) is 1.52. The molecule has 0 aliphatic carbocycles. The molecule has 0 aromatic heterocycles. The monoisotopic (exact) mass is 279 g/mol. The van der Waals surface area contributed by atoms with Gasteiger partial charge < -0.3 is 4.90 Å². The number of amides is 1. The topological polar surface area (TPSA) is 20.3 Å². The van der Waals surface area contributed by atoms with Gasteiger partial charge in [0.25, 0.3) is 0 Å². The number of nitrogens with zero attached hydrogens (tertiary/aromatic N) is 1. The maximum Gasteiger partial charge on any atom is 0.409 e. The zero-order valence-corrected chi connectivity index (χ0v) is 10.0. The second kappa shape index (κ2) is 6.29. The van der Waals surface area contributed by atoms with Crippen molar-refractivity contribution in [3.63, 3.8) is 0 Å². The van der Waals surface area contributed by atoms with E-state index in [0.29, 0.717) is 17.7 Å². The molecule has 0 N–H and O–H groups in total. The number of carbonyl (C=O) groups excluding carboxylic acids is 1. The van der Waals surface area contributed by atoms with Crippen molar-refractivity contribution in [1.29, 1.82) is 0 Å². The molecule has 0 aromatic rings. The van der Waals surface area contributed by atoms with Crippen LogP contribution in [0, 0.1) is 5.92 Å². The van der Waals surface area contributed by atoms with E-state index in [1.807, 2.05) is 0 Å². The van der Waals surface area contributed by atoms with Crippen LogP contribution in [0.1, 0.15) is 26.7 Å². The van der Waals surface area contributed by atoms with E-state index in [1.165, 1.54) is 0 Å². The van der Waals surface area contributed by atoms with Gasteiger partial charge in [-0.1, -0.05) is 13.8 Å². The van der Waals surface area contributed by atoms with Gasteiger partial charge in [-0.05, 0) is 12.8 Å². The lowest BCUT2D eigenvalue weighted by Gasteiger charge is -2.29. The third-order valence-electron chi connectivity index (χ3n) is 2.20. The molecule has 0 fully saturated rings. The maximum absolute atomic E-state index is 12.3. The highest BCUT2D eigenvalue weighted by molar-refractivity contribution is 5.80. The van der Waals surface area contributed by atoms with E-state index >= 15 is 0 Å². The molecular formula is C10H15F6NO. The Morgan fingerprint density at radius 3 is 1.50 bits per heavy atom. The lowest BCUT2D eigenvalue weighted by atomic mass is 10.1. The largest absolute Gasteiger partial charge is 0.409 e. The zero-order chi connectivity index (χ0) is 14.6. The van der Waals surface area contributed by atoms with Gasteiger partial charge >= 0.3 is 12.4 Å². The molecule has 0 rings (SSSR count). The van der Waals surface area contributed by atoms with E-state index in [1.54, 1.807) is 13.8 Å². The predicted molar refractivity (Wildman–Crippen MR) is 52.8 cm³/mol. The van der Waals surface area contributed by atoms with Crippen LogP contribution >= 0.6 is 0 Å². The molecule has 1 amide bonds. The fourth-order valence-electron chi connectivity index (χ4n) is 1.52. The molecule has 108 valence electrons. The van der Waals surface area contributed by atoms with Crippen LogP contribution in [0.3, 0.4) is 0 Å². The summed E-state index contributed by atoms with van der Waals surface area (Å²) in [7, 11) is 0. The summed E-state index contributed by atoms with van der Waals surface area (Å²) >= 11 is 0. The van der Waals surface area contributed by atoms with Crippen molar-refractivity contribution in [3.05, 3.63) is 0 Å². The third-order valence-corrected chi connectivity index (χ3v) is 2.20. The summed E-state index contributed by atoms with van der Waals surface area (Å²) in [4.78, 5) is 12.0. The van der Waals surface area contributed by atoms with Gasteiger partial charge in [0.15, 0.2) is 0 Å². The molecule has 0 aromatic carbocycles. The molecule has 8 heteroatoms. The van der Waals surface area contributed by atoms with Crippen LogP contribution < -0.4 is 0 Å². The Balaban J connectivity index is 5.17. The average molecular weight is 279 g/mol. The highest BCUT2D eigenvalue weighted by Gasteiger charge is 2.61. The Labute approximate surface area is 101 Å². The molecule has 0 aliphatic rings. The highest BCUT2D eigenvalue weighted by Crippen LogP contribution is 2.40. The standard InChI is InChI=1S/C10H15F6NO/c1-3-5-17(6-4-2)8(18)7(9(11,12)13)10(14,15)16/h7H,3-6H2,1-2H3. The van der Waals surface area contributed by atoms with E-state index in [4.69, 9.17) is 0 Å². The molecule has 0 spiro atoms. The SMILES string of the molecule is CCCN(CCC)C(=O)C(C(F)(F)F)C(F)(F)F. The summed E-state index contributed by atoms with van der Waals surface area (Å²) in [6, 6.07) is 0. The van der Waals surface area contributed by atoms with Gasteiger partial charge in [0, 0.05) is 13.1 Å². The van der Waals surface area contributed by atoms with Gasteiger partial charge in [0.1, 0.15) is 0 Å². The molecule has 0 radical (unpaired) electrons. The van der Waals surface area contributed by atoms with Gasteiger partial charge in [-0.15, -0.1) is 0 Å². The number of alkyl halides is 6. The molecule has 0 aliphatic heterocycles. The number of carbonyl (C=O) groups is 1. The van der Waals surface area contributed by atoms with Crippen molar-refractivity contribution in [2.75, 3.05) is 13.1 Å². The Morgan fingerprint density at radius 2 is 1.28 bits per heavy atom. The lowest BCUT2D eigenvalue weighted by molar-refractivity contribution is -0.277. The Hall–Kier alpha value is -0.950. The minimum atomic E-state index is -5.62. The molecule has 0 heterocycles. The summed E-state index contributed by atoms with van der Waals surface area (Å²) in [5.74, 6) is -5.85. The van der Waals surface area contributed by atoms with Crippen molar-refractivity contribution in [3.8, 4) is 0 Å². The van der Waals surface area contributed by atoms with Crippen LogP contribution in [0.15, 0.2) is 0 Å². The second-order valence-electron chi connectivity index (χ2n) is 3.84. The zero-order valence-electron chi connectivity index (χ0n) is 10.0. The number of rotatable bonds is 5. The van der Waals surface area contributed by atoms with Crippen molar-refractivity contribution < 1.29 is 31.1 Å². The molecule has 18 heavy (non-hydrogen) atoms. The summed E-state index contributed by atoms with van der Waals surface area (Å²) < 4.78 is 74.0. The minimum Gasteiger partial charge on any atom is -0.342 e. The first-order chi connectivity index (χ1) is 8.05. The summed E-state index contributed by atoms with van der Waals surface area (Å²) in [6.07, 6.45) is -10.6. The molecular weight excluding hydrogens is 264 g/mol. The first kappa shape index (κ1) is 17.1. The van der Waals surface area contributed by atoms with Crippen molar-refractivity contribution >= 4 is 5.91 Å². The van der Waals surface area contributed by atoms with Gasteiger partial charge in [-0.25, -0.2) is 0 Å². The van der Waals surface area contributed by atoms with Crippen LogP contribution in [-0.2, 0) is 4.79 Å². The number of hydrogen-bond acceptors (Lipinski definition) is 1. The first-order valence-corrected chi connectivity index (χ1v) is 5.47. The van der Waals surface area contributed by atoms with Crippen LogP contribution in [0.2, 0.25) is 0 Å². The van der Waals surface area contributed by atoms with Crippen LogP contribution in [0.25, 0.3) is 0 Å². The molecule has 0 atom stereocenters. The van der Waals surface area contributed by atoms with Crippen LogP contribution in [0.4, 0.5) is 26.3 Å². The second-order valence-corrected chi connectivity index (χ2v) is 3.84. The van der Waals surface area contributed by atoms with Crippen molar-refractivity contribution in [2.24, 2.45) is 5.92 Å². The molecule has 0 saturated heterocycles. The molecule has 0 saturated carbocycles. The summed E-state index contributed by atoms with van der Waals surface area (Å²) in [5, 5.41) is 0. The van der Waals surface area contributed by atoms with Gasteiger partial charge in [0.2, 0.25) is 11.8 Å². The Kier molecular flexibility index (Phi) is 5.95. The van der Waals surface area contributed by atoms with E-state index in [2.05, 4.69) is 0 Å². The maximum atomic E-state index is 12.3. The first-order valence-electron chi connectivity index (χ1n) is 5.47. The predicted octanol–water partition coefficient (Wildman–Crippen LogP) is 3.38. The summed E-state index contributed by atoms with van der Waals surface area (Å²) in [6.45, 7) is 2.92. The van der Waals surface area contributed by atoms with E-state index < -0.39 is 24.2 Å². The number of hydrogen-bond donors (Lipinski definition) is 0. The molecule has 0 unspecified atom stereocenters. The van der Waals surface area contributed by atoms with Crippen LogP contribution in [0.5, 0.6) is 0 Å². The molecule has 2 nitrogen and oxygen atoms in total. The minimum absolute atomic E-state index is 0.116. The van der Waals surface area contributed by atoms with Gasteiger partial charge in [-0.3, -0.25) is 4.79 Å². The molecule has 0 bridgehead atoms. The fraction of sp³-hybridized carbons (Fsp3) is 0.900. The normalized spacial score (nSPS) is 12.9. The summed E-state index contributed by atoms with van der Waals surface area (Å²) in [5.41, 5.74) is 0. The van der Waals surface area contributed by atoms with Crippen molar-refractivity contribution in [1.82, 2.24) is 4.90 Å². The van der Waals surface area contributed by atoms with E-state index in [9.17, 15) is 31.1 Å². The van der Waals surface area contributed by atoms with Crippen LogP contribution in [-0.4, -0.2) is 36.2 Å². The average Bonchev–Trinajstić information content (AvgIpc) is 2.12.